The lowest BCUT2D eigenvalue weighted by Crippen LogP contribution is -2.14. The summed E-state index contributed by atoms with van der Waals surface area (Å²) in [6, 6.07) is 9.51. The van der Waals surface area contributed by atoms with E-state index in [1.165, 1.54) is 6.07 Å². The van der Waals surface area contributed by atoms with Crippen molar-refractivity contribution in [3.8, 4) is 11.5 Å². The minimum absolute atomic E-state index is 0.0542. The van der Waals surface area contributed by atoms with Crippen LogP contribution < -0.4 is 15.6 Å². The minimum Gasteiger partial charge on any atom is -0.457 e. The Labute approximate surface area is 122 Å². The van der Waals surface area contributed by atoms with Crippen LogP contribution in [0.3, 0.4) is 0 Å². The van der Waals surface area contributed by atoms with Crippen molar-refractivity contribution in [2.75, 3.05) is 5.73 Å². The Balaban J connectivity index is 2.47. The number of hydrogen-bond donors (Lipinski definition) is 2. The predicted molar refractivity (Wildman–Crippen MR) is 78.5 cm³/mol. The highest BCUT2D eigenvalue weighted by atomic mass is 35.5. The molecule has 0 bridgehead atoms. The summed E-state index contributed by atoms with van der Waals surface area (Å²) >= 11 is 5.78. The van der Waals surface area contributed by atoms with Crippen molar-refractivity contribution in [2.24, 2.45) is 5.14 Å². The number of ether oxygens (including phenoxy) is 1. The molecule has 106 valence electrons. The molecule has 2 rings (SSSR count). The SMILES string of the molecule is Cc1c(Oc2ccc(Cl)cc2)cc(N)cc1S(N)(=O)=O. The summed E-state index contributed by atoms with van der Waals surface area (Å²) in [4.78, 5) is -0.0542. The van der Waals surface area contributed by atoms with Gasteiger partial charge in [-0.05, 0) is 37.3 Å². The Morgan fingerprint density at radius 2 is 1.75 bits per heavy atom. The van der Waals surface area contributed by atoms with E-state index >= 15 is 0 Å². The highest BCUT2D eigenvalue weighted by Crippen LogP contribution is 2.32. The third-order valence-electron chi connectivity index (χ3n) is 2.68. The number of primary sulfonamides is 1. The number of nitrogen functional groups attached to an aromatic ring is 1. The van der Waals surface area contributed by atoms with Crippen LogP contribution in [0.1, 0.15) is 5.56 Å². The number of rotatable bonds is 3. The highest BCUT2D eigenvalue weighted by molar-refractivity contribution is 7.89. The molecule has 4 N–H and O–H groups in total. The van der Waals surface area contributed by atoms with Crippen LogP contribution in [0, 0.1) is 6.92 Å². The van der Waals surface area contributed by atoms with Crippen LogP contribution in [0.4, 0.5) is 5.69 Å². The Kier molecular flexibility index (Phi) is 3.89. The van der Waals surface area contributed by atoms with Gasteiger partial charge >= 0.3 is 0 Å². The van der Waals surface area contributed by atoms with E-state index in [1.807, 2.05) is 0 Å². The second-order valence-electron chi connectivity index (χ2n) is 4.24. The first kappa shape index (κ1) is 14.6. The third kappa shape index (κ3) is 3.22. The third-order valence-corrected chi connectivity index (χ3v) is 3.97. The van der Waals surface area contributed by atoms with E-state index < -0.39 is 10.0 Å². The largest absolute Gasteiger partial charge is 0.457 e. The molecule has 0 amide bonds. The number of anilines is 1. The lowest BCUT2D eigenvalue weighted by atomic mass is 10.2. The summed E-state index contributed by atoms with van der Waals surface area (Å²) in [6.45, 7) is 1.60. The average molecular weight is 313 g/mol. The smallest absolute Gasteiger partial charge is 0.238 e. The molecule has 0 spiro atoms. The summed E-state index contributed by atoms with van der Waals surface area (Å²) in [5.74, 6) is 0.847. The topological polar surface area (TPSA) is 95.4 Å². The normalized spacial score (nSPS) is 11.3. The van der Waals surface area contributed by atoms with Crippen molar-refractivity contribution < 1.29 is 13.2 Å². The molecule has 0 atom stereocenters. The molecular formula is C13H13ClN2O3S. The zero-order valence-electron chi connectivity index (χ0n) is 10.6. The fourth-order valence-corrected chi connectivity index (χ4v) is 2.67. The number of nitrogens with two attached hydrogens (primary N) is 2. The van der Waals surface area contributed by atoms with Gasteiger partial charge in [0.05, 0.1) is 4.90 Å². The maximum absolute atomic E-state index is 11.5. The van der Waals surface area contributed by atoms with Crippen molar-refractivity contribution in [3.63, 3.8) is 0 Å². The molecule has 2 aromatic rings. The molecule has 5 nitrogen and oxygen atoms in total. The maximum Gasteiger partial charge on any atom is 0.238 e. The van der Waals surface area contributed by atoms with E-state index in [1.54, 1.807) is 37.3 Å². The van der Waals surface area contributed by atoms with Crippen LogP contribution in [0.15, 0.2) is 41.3 Å². The Bertz CT molecular complexity index is 743. The highest BCUT2D eigenvalue weighted by Gasteiger charge is 2.16. The van der Waals surface area contributed by atoms with E-state index in [0.717, 1.165) is 0 Å². The predicted octanol–water partition coefficient (Wildman–Crippen LogP) is 2.67. The molecule has 20 heavy (non-hydrogen) atoms. The average Bonchev–Trinajstić information content (AvgIpc) is 2.35. The molecule has 0 aliphatic carbocycles. The van der Waals surface area contributed by atoms with Crippen LogP contribution in [0.25, 0.3) is 0 Å². The van der Waals surface area contributed by atoms with Crippen molar-refractivity contribution >= 4 is 27.3 Å². The molecule has 0 saturated carbocycles. The van der Waals surface area contributed by atoms with Gasteiger partial charge in [-0.3, -0.25) is 0 Å². The van der Waals surface area contributed by atoms with Gasteiger partial charge in [-0.15, -0.1) is 0 Å². The number of halogens is 1. The van der Waals surface area contributed by atoms with Gasteiger partial charge in [0.15, 0.2) is 0 Å². The fourth-order valence-electron chi connectivity index (χ4n) is 1.71. The van der Waals surface area contributed by atoms with Crippen LogP contribution >= 0.6 is 11.6 Å². The maximum atomic E-state index is 11.5. The van der Waals surface area contributed by atoms with Crippen LogP contribution in [0.5, 0.6) is 11.5 Å². The van der Waals surface area contributed by atoms with Gasteiger partial charge in [-0.1, -0.05) is 11.6 Å². The van der Waals surface area contributed by atoms with E-state index in [2.05, 4.69) is 0 Å². The summed E-state index contributed by atoms with van der Waals surface area (Å²) < 4.78 is 28.6. The van der Waals surface area contributed by atoms with Gasteiger partial charge in [-0.25, -0.2) is 13.6 Å². The van der Waals surface area contributed by atoms with E-state index in [4.69, 9.17) is 27.2 Å². The van der Waals surface area contributed by atoms with Gasteiger partial charge < -0.3 is 10.5 Å². The minimum atomic E-state index is -3.86. The Hall–Kier alpha value is -1.76. The van der Waals surface area contributed by atoms with Gasteiger partial charge in [0, 0.05) is 22.3 Å². The van der Waals surface area contributed by atoms with Gasteiger partial charge in [0.1, 0.15) is 11.5 Å². The van der Waals surface area contributed by atoms with Crippen molar-refractivity contribution in [1.29, 1.82) is 0 Å². The Morgan fingerprint density at radius 1 is 1.15 bits per heavy atom. The standard InChI is InChI=1S/C13H13ClN2O3S/c1-8-12(19-11-4-2-9(14)3-5-11)6-10(15)7-13(8)20(16,17)18/h2-7H,15H2,1H3,(H2,16,17,18). The molecule has 2 aromatic carbocycles. The monoisotopic (exact) mass is 312 g/mol. The van der Waals surface area contributed by atoms with E-state index in [9.17, 15) is 8.42 Å². The molecule has 7 heteroatoms. The van der Waals surface area contributed by atoms with E-state index in [0.29, 0.717) is 22.1 Å². The van der Waals surface area contributed by atoms with Crippen LogP contribution in [-0.4, -0.2) is 8.42 Å². The first-order valence-electron chi connectivity index (χ1n) is 5.64. The summed E-state index contributed by atoms with van der Waals surface area (Å²) in [6.07, 6.45) is 0. The molecule has 0 aliphatic heterocycles. The summed E-state index contributed by atoms with van der Waals surface area (Å²) in [5.41, 5.74) is 6.33. The second-order valence-corrected chi connectivity index (χ2v) is 6.21. The van der Waals surface area contributed by atoms with Crippen molar-refractivity contribution in [2.45, 2.75) is 11.8 Å². The van der Waals surface area contributed by atoms with E-state index in [-0.39, 0.29) is 10.6 Å². The first-order chi connectivity index (χ1) is 9.27. The first-order valence-corrected chi connectivity index (χ1v) is 7.56. The lowest BCUT2D eigenvalue weighted by molar-refractivity contribution is 0.476. The fraction of sp³-hybridized carbons (Fsp3) is 0.0769. The number of sulfonamides is 1. The summed E-state index contributed by atoms with van der Waals surface area (Å²) in [5, 5.41) is 5.73. The zero-order chi connectivity index (χ0) is 14.9. The molecule has 0 saturated heterocycles. The van der Waals surface area contributed by atoms with Gasteiger partial charge in [-0.2, -0.15) is 0 Å². The molecular weight excluding hydrogens is 300 g/mol. The molecule has 0 unspecified atom stereocenters. The molecule has 0 fully saturated rings. The summed E-state index contributed by atoms with van der Waals surface area (Å²) in [7, 11) is -3.86. The molecule has 0 aliphatic rings. The van der Waals surface area contributed by atoms with Crippen LogP contribution in [0.2, 0.25) is 5.02 Å². The van der Waals surface area contributed by atoms with Crippen molar-refractivity contribution in [1.82, 2.24) is 0 Å². The van der Waals surface area contributed by atoms with Crippen LogP contribution in [-0.2, 0) is 10.0 Å². The number of hydrogen-bond acceptors (Lipinski definition) is 4. The Morgan fingerprint density at radius 3 is 2.30 bits per heavy atom. The van der Waals surface area contributed by atoms with Gasteiger partial charge in [0.2, 0.25) is 10.0 Å². The molecule has 0 heterocycles. The van der Waals surface area contributed by atoms with Gasteiger partial charge in [0.25, 0.3) is 0 Å². The molecule has 0 radical (unpaired) electrons. The van der Waals surface area contributed by atoms with Crippen molar-refractivity contribution in [3.05, 3.63) is 47.0 Å². The lowest BCUT2D eigenvalue weighted by Gasteiger charge is -2.12. The zero-order valence-corrected chi connectivity index (χ0v) is 12.2. The quantitative estimate of drug-likeness (QED) is 0.852. The second kappa shape index (κ2) is 5.32. The molecule has 0 aromatic heterocycles. The number of benzene rings is 2.